The molecule has 0 aliphatic rings. The Kier molecular flexibility index (Phi) is 19.0. The van der Waals surface area contributed by atoms with E-state index in [1.165, 1.54) is 48.4 Å². The minimum absolute atomic E-state index is 0. The van der Waals surface area contributed by atoms with Crippen LogP contribution < -0.4 is 42.4 Å². The number of aryl methyl sites for hydroxylation is 1. The molecule has 0 bridgehead atoms. The van der Waals surface area contributed by atoms with Crippen molar-refractivity contribution in [2.75, 3.05) is 5.32 Å². The average Bonchev–Trinajstić information content (AvgIpc) is 3.28. The van der Waals surface area contributed by atoms with Gasteiger partial charge in [-0.05, 0) is 95.0 Å². The van der Waals surface area contributed by atoms with E-state index in [4.69, 9.17) is 0 Å². The van der Waals surface area contributed by atoms with Crippen LogP contribution in [0, 0.1) is 6.92 Å². The van der Waals surface area contributed by atoms with Crippen LogP contribution in [0.15, 0.2) is 231 Å². The van der Waals surface area contributed by atoms with Crippen molar-refractivity contribution in [3.05, 3.63) is 236 Å². The van der Waals surface area contributed by atoms with Gasteiger partial charge in [0.15, 0.2) is 0 Å². The first kappa shape index (κ1) is 46.4. The first-order chi connectivity index (χ1) is 28.9. The van der Waals surface area contributed by atoms with Gasteiger partial charge in [-0.25, -0.2) is 0 Å². The van der Waals surface area contributed by atoms with Crippen molar-refractivity contribution in [2.45, 2.75) is 45.9 Å². The van der Waals surface area contributed by atoms with E-state index in [-0.39, 0.29) is 25.0 Å². The van der Waals surface area contributed by atoms with Crippen molar-refractivity contribution < 1.29 is 17.1 Å². The molecule has 0 fully saturated rings. The van der Waals surface area contributed by atoms with Gasteiger partial charge in [-0.1, -0.05) is 248 Å². The Morgan fingerprint density at radius 3 is 0.883 bits per heavy atom. The smallest absolute Gasteiger partial charge is 0.355 e. The summed E-state index contributed by atoms with van der Waals surface area (Å²) in [6, 6.07) is 82.0. The molecule has 305 valence electrons. The van der Waals surface area contributed by atoms with Crippen LogP contribution in [-0.2, 0) is 17.1 Å². The van der Waals surface area contributed by atoms with Gasteiger partial charge in [-0.2, -0.15) is 0 Å². The van der Waals surface area contributed by atoms with E-state index in [9.17, 15) is 0 Å². The second-order valence-corrected chi connectivity index (χ2v) is 22.6. The van der Waals surface area contributed by atoms with Crippen LogP contribution in [0.5, 0.6) is 0 Å². The van der Waals surface area contributed by atoms with E-state index < -0.39 is 15.8 Å². The van der Waals surface area contributed by atoms with E-state index in [0.29, 0.717) is 11.3 Å². The molecule has 1 radical (unpaired) electrons. The van der Waals surface area contributed by atoms with E-state index in [0.717, 1.165) is 5.69 Å². The summed E-state index contributed by atoms with van der Waals surface area (Å²) in [7, 11) is -1.06. The molecule has 0 heterocycles. The standard InChI is InChI=1S/C19H26NP.2C18H15P.Cu/c1-14(2)21(15(3)4)19-12-11-16(5)13-18(19)20-17-9-7-6-8-10-17;2*1-4-10-16(11-5-1)19(17-12-6-2-7-13-17)18-14-8-3-9-15-18;/h6-15,20H,1-5H3;2*1-15H;/q;;;+2. The Hall–Kier alpha value is -4.63. The van der Waals surface area contributed by atoms with Crippen LogP contribution in [-0.4, -0.2) is 11.3 Å². The zero-order valence-corrected chi connectivity index (χ0v) is 38.9. The largest absolute Gasteiger partial charge is 2.00 e. The Morgan fingerprint density at radius 2 is 0.617 bits per heavy atom. The van der Waals surface area contributed by atoms with Gasteiger partial charge in [0, 0.05) is 11.4 Å². The van der Waals surface area contributed by atoms with Crippen LogP contribution in [0.3, 0.4) is 0 Å². The summed E-state index contributed by atoms with van der Waals surface area (Å²) in [5.74, 6) is 0. The number of rotatable bonds is 11. The van der Waals surface area contributed by atoms with Gasteiger partial charge < -0.3 is 5.32 Å². The molecule has 8 rings (SSSR count). The molecule has 1 N–H and O–H groups in total. The Labute approximate surface area is 374 Å². The second-order valence-electron chi connectivity index (χ2n) is 14.8. The molecule has 0 saturated heterocycles. The topological polar surface area (TPSA) is 12.0 Å². The predicted octanol–water partition coefficient (Wildman–Crippen LogP) is 12.5. The fourth-order valence-corrected chi connectivity index (χ4v) is 14.7. The summed E-state index contributed by atoms with van der Waals surface area (Å²) in [5, 5.41) is 13.5. The van der Waals surface area contributed by atoms with Crippen molar-refractivity contribution in [3.8, 4) is 0 Å². The van der Waals surface area contributed by atoms with Crippen molar-refractivity contribution in [2.24, 2.45) is 0 Å². The number of hydrogen-bond donors (Lipinski definition) is 1. The van der Waals surface area contributed by atoms with Gasteiger partial charge >= 0.3 is 17.1 Å². The molecular formula is C55H56CuNP3+2. The summed E-state index contributed by atoms with van der Waals surface area (Å²) in [6.07, 6.45) is 0. The fourth-order valence-electron chi connectivity index (χ4n) is 7.16. The molecule has 8 aromatic rings. The third-order valence-electron chi connectivity index (χ3n) is 9.68. The summed E-state index contributed by atoms with van der Waals surface area (Å²) in [4.78, 5) is 0. The Balaban J connectivity index is 0.000000169. The van der Waals surface area contributed by atoms with Gasteiger partial charge in [0.25, 0.3) is 0 Å². The quantitative estimate of drug-likeness (QED) is 0.101. The molecule has 0 aromatic heterocycles. The van der Waals surface area contributed by atoms with Crippen LogP contribution in [0.2, 0.25) is 0 Å². The van der Waals surface area contributed by atoms with Crippen molar-refractivity contribution >= 4 is 72.3 Å². The van der Waals surface area contributed by atoms with Crippen LogP contribution in [0.4, 0.5) is 11.4 Å². The molecule has 0 aliphatic carbocycles. The summed E-state index contributed by atoms with van der Waals surface area (Å²) >= 11 is 0. The minimum Gasteiger partial charge on any atom is -0.355 e. The molecule has 0 unspecified atom stereocenters. The number of nitrogens with one attached hydrogen (secondary N) is 1. The first-order valence-corrected chi connectivity index (χ1v) is 24.7. The van der Waals surface area contributed by atoms with E-state index in [1.54, 1.807) is 0 Å². The molecule has 8 aromatic carbocycles. The second kappa shape index (κ2) is 24.6. The Morgan fingerprint density at radius 1 is 0.350 bits per heavy atom. The van der Waals surface area contributed by atoms with E-state index in [2.05, 4.69) is 270 Å². The van der Waals surface area contributed by atoms with E-state index in [1.807, 2.05) is 0 Å². The molecule has 5 heteroatoms. The third kappa shape index (κ3) is 13.4. The molecule has 0 amide bonds. The Bertz CT molecular complexity index is 2050. The van der Waals surface area contributed by atoms with E-state index >= 15 is 0 Å². The summed E-state index contributed by atoms with van der Waals surface area (Å²) in [5.41, 5.74) is 5.12. The maximum absolute atomic E-state index is 3.62. The average molecular weight is 888 g/mol. The first-order valence-electron chi connectivity index (χ1n) is 20.5. The SMILES string of the molecule is Cc1ccc(P(C(C)C)C(C)C)c(Nc2ccccc2)c1.[Cu+2].c1ccc(P(c2ccccc2)c2ccccc2)cc1.c1ccc(P(c2ccccc2)c2ccccc2)cc1. The molecule has 0 atom stereocenters. The fraction of sp³-hybridized carbons (Fsp3) is 0.127. The normalized spacial score (nSPS) is 10.7. The van der Waals surface area contributed by atoms with Gasteiger partial charge in [0.2, 0.25) is 0 Å². The molecule has 1 nitrogen and oxygen atoms in total. The van der Waals surface area contributed by atoms with Crippen molar-refractivity contribution in [1.82, 2.24) is 0 Å². The zero-order chi connectivity index (χ0) is 41.2. The maximum atomic E-state index is 3.62. The van der Waals surface area contributed by atoms with Crippen LogP contribution in [0.1, 0.15) is 33.3 Å². The van der Waals surface area contributed by atoms with Crippen molar-refractivity contribution in [3.63, 3.8) is 0 Å². The molecule has 0 aliphatic heterocycles. The molecule has 0 saturated carbocycles. The van der Waals surface area contributed by atoms with Crippen LogP contribution in [0.25, 0.3) is 0 Å². The zero-order valence-electron chi connectivity index (χ0n) is 35.2. The third-order valence-corrected chi connectivity index (χ3v) is 17.7. The number of benzene rings is 8. The summed E-state index contributed by atoms with van der Waals surface area (Å²) in [6.45, 7) is 11.5. The number of para-hydroxylation sites is 1. The minimum atomic E-state index is -0.446. The molecule has 60 heavy (non-hydrogen) atoms. The van der Waals surface area contributed by atoms with Gasteiger partial charge in [-0.15, -0.1) is 0 Å². The number of anilines is 2. The molecular weight excluding hydrogens is 831 g/mol. The molecule has 0 spiro atoms. The predicted molar refractivity (Wildman–Crippen MR) is 268 cm³/mol. The van der Waals surface area contributed by atoms with Gasteiger partial charge in [0.1, 0.15) is 0 Å². The maximum Gasteiger partial charge on any atom is 2.00 e. The van der Waals surface area contributed by atoms with Crippen LogP contribution >= 0.6 is 23.8 Å². The monoisotopic (exact) mass is 886 g/mol. The van der Waals surface area contributed by atoms with Crippen molar-refractivity contribution in [1.29, 1.82) is 0 Å². The summed E-state index contributed by atoms with van der Waals surface area (Å²) < 4.78 is 0. The van der Waals surface area contributed by atoms with Gasteiger partial charge in [-0.3, -0.25) is 0 Å². The van der Waals surface area contributed by atoms with Gasteiger partial charge in [0.05, 0.1) is 0 Å². The number of hydrogen-bond acceptors (Lipinski definition) is 1.